The first kappa shape index (κ1) is 23.3. The van der Waals surface area contributed by atoms with Crippen molar-refractivity contribution in [1.29, 1.82) is 0 Å². The molecule has 1 N–H and O–H groups in total. The van der Waals surface area contributed by atoms with Crippen LogP contribution >= 0.6 is 0 Å². The Labute approximate surface area is 199 Å². The van der Waals surface area contributed by atoms with E-state index < -0.39 is 10.1 Å². The van der Waals surface area contributed by atoms with Crippen molar-refractivity contribution in [2.24, 2.45) is 40.4 Å². The van der Waals surface area contributed by atoms with Crippen LogP contribution in [0.2, 0.25) is 0 Å². The minimum atomic E-state index is -4.25. The molecule has 0 radical (unpaired) electrons. The molecule has 2 unspecified atom stereocenters. The lowest BCUT2D eigenvalue weighted by molar-refractivity contribution is -0.129. The average molecular weight is 471 g/mol. The van der Waals surface area contributed by atoms with Crippen LogP contribution < -0.4 is 0 Å². The van der Waals surface area contributed by atoms with Crippen molar-refractivity contribution in [3.63, 3.8) is 0 Å². The van der Waals surface area contributed by atoms with Gasteiger partial charge in [0.15, 0.2) is 0 Å². The Morgan fingerprint density at radius 2 is 1.82 bits per heavy atom. The molecule has 0 saturated heterocycles. The van der Waals surface area contributed by atoms with E-state index in [1.807, 2.05) is 13.0 Å². The number of ketones is 1. The molecule has 3 saturated carbocycles. The van der Waals surface area contributed by atoms with Crippen LogP contribution in [0, 0.1) is 47.3 Å². The van der Waals surface area contributed by atoms with E-state index >= 15 is 0 Å². The average Bonchev–Trinajstić information content (AvgIpc) is 3.09. The highest BCUT2D eigenvalue weighted by atomic mass is 32.2. The summed E-state index contributed by atoms with van der Waals surface area (Å²) in [5.74, 6) is 3.11. The predicted molar refractivity (Wildman–Crippen MR) is 130 cm³/mol. The Balaban J connectivity index is 1.46. The summed E-state index contributed by atoms with van der Waals surface area (Å²) in [5, 5.41) is 0. The highest BCUT2D eigenvalue weighted by Gasteiger charge is 2.60. The lowest BCUT2D eigenvalue weighted by Gasteiger charge is -2.59. The van der Waals surface area contributed by atoms with Crippen molar-refractivity contribution in [1.82, 2.24) is 0 Å². The summed E-state index contributed by atoms with van der Waals surface area (Å²) in [6.45, 7) is 8.58. The maximum atomic E-state index is 12.4. The Morgan fingerprint density at radius 1 is 1.06 bits per heavy atom. The minimum absolute atomic E-state index is 0.0129. The molecule has 8 atom stereocenters. The summed E-state index contributed by atoms with van der Waals surface area (Å²) in [5.41, 5.74) is 2.03. The van der Waals surface area contributed by atoms with Crippen LogP contribution in [-0.4, -0.2) is 18.8 Å². The van der Waals surface area contributed by atoms with Crippen molar-refractivity contribution in [2.75, 3.05) is 0 Å². The van der Waals surface area contributed by atoms with Crippen molar-refractivity contribution >= 4 is 15.9 Å². The zero-order valence-electron chi connectivity index (χ0n) is 20.4. The smallest absolute Gasteiger partial charge is 0.294 e. The number of Topliss-reactive ketones (excluding diaryl/α,β-unsaturated/α-hetero) is 1. The molecule has 3 fully saturated rings. The number of aryl methyl sites for hydroxylation is 1. The topological polar surface area (TPSA) is 71.4 Å². The van der Waals surface area contributed by atoms with Gasteiger partial charge in [-0.3, -0.25) is 9.35 Å². The van der Waals surface area contributed by atoms with E-state index in [2.05, 4.69) is 26.0 Å². The highest BCUT2D eigenvalue weighted by molar-refractivity contribution is 7.85. The quantitative estimate of drug-likeness (QED) is 0.413. The molecule has 0 bridgehead atoms. The van der Waals surface area contributed by atoms with Crippen molar-refractivity contribution in [2.45, 2.75) is 83.5 Å². The van der Waals surface area contributed by atoms with E-state index in [-0.39, 0.29) is 27.6 Å². The fourth-order valence-corrected chi connectivity index (χ4v) is 9.65. The summed E-state index contributed by atoms with van der Waals surface area (Å²) >= 11 is 0. The molecular weight excluding hydrogens is 432 g/mol. The van der Waals surface area contributed by atoms with E-state index in [0.29, 0.717) is 29.5 Å². The first-order valence-corrected chi connectivity index (χ1v) is 14.2. The number of carbonyl (C=O) groups excluding carboxylic acids is 1. The summed E-state index contributed by atoms with van der Waals surface area (Å²) in [7, 11) is -4.25. The largest absolute Gasteiger partial charge is 0.300 e. The van der Waals surface area contributed by atoms with Crippen LogP contribution in [0.1, 0.15) is 82.8 Å². The van der Waals surface area contributed by atoms with Gasteiger partial charge in [0.25, 0.3) is 10.1 Å². The number of carbonyl (C=O) groups is 1. The van der Waals surface area contributed by atoms with Gasteiger partial charge in [-0.2, -0.15) is 8.42 Å². The molecule has 0 aliphatic heterocycles. The van der Waals surface area contributed by atoms with Gasteiger partial charge in [0.2, 0.25) is 0 Å². The highest BCUT2D eigenvalue weighted by Crippen LogP contribution is 2.67. The van der Waals surface area contributed by atoms with E-state index in [1.54, 1.807) is 19.1 Å². The second-order valence-corrected chi connectivity index (χ2v) is 13.4. The zero-order valence-corrected chi connectivity index (χ0v) is 21.2. The lowest BCUT2D eigenvalue weighted by atomic mass is 9.45. The molecule has 1 aromatic rings. The fourth-order valence-electron chi connectivity index (χ4n) is 8.90. The summed E-state index contributed by atoms with van der Waals surface area (Å²) in [4.78, 5) is 12.4. The molecule has 5 heteroatoms. The van der Waals surface area contributed by atoms with Crippen LogP contribution in [0.5, 0.6) is 0 Å². The van der Waals surface area contributed by atoms with Gasteiger partial charge in [-0.25, -0.2) is 0 Å². The Kier molecular flexibility index (Phi) is 5.49. The fraction of sp³-hybridized carbons (Fsp3) is 0.679. The number of allylic oxidation sites excluding steroid dienone is 2. The van der Waals surface area contributed by atoms with Gasteiger partial charge >= 0.3 is 0 Å². The summed E-state index contributed by atoms with van der Waals surface area (Å²) in [6, 6.07) is 5.23. The number of hydrogen-bond donors (Lipinski definition) is 1. The van der Waals surface area contributed by atoms with Crippen molar-refractivity contribution in [3.8, 4) is 0 Å². The van der Waals surface area contributed by atoms with Crippen LogP contribution in [0.3, 0.4) is 0 Å². The van der Waals surface area contributed by atoms with Gasteiger partial charge < -0.3 is 0 Å². The third-order valence-corrected chi connectivity index (χ3v) is 11.5. The molecule has 4 aliphatic rings. The first-order valence-electron chi connectivity index (χ1n) is 12.7. The summed E-state index contributed by atoms with van der Waals surface area (Å²) in [6.07, 6.45) is 12.5. The molecule has 4 nitrogen and oxygen atoms in total. The zero-order chi connectivity index (χ0) is 23.8. The lowest BCUT2D eigenvalue weighted by Crippen LogP contribution is -2.52. The van der Waals surface area contributed by atoms with Crippen LogP contribution in [0.25, 0.3) is 0 Å². The van der Waals surface area contributed by atoms with Gasteiger partial charge in [-0.1, -0.05) is 43.7 Å². The molecule has 0 spiro atoms. The number of rotatable bonds is 3. The van der Waals surface area contributed by atoms with E-state index in [4.69, 9.17) is 0 Å². The van der Waals surface area contributed by atoms with Gasteiger partial charge in [0.1, 0.15) is 5.78 Å². The van der Waals surface area contributed by atoms with Crippen LogP contribution in [0.15, 0.2) is 35.2 Å². The standard InChI is InChI=1S/C28H38O4S/c1-17-5-10-26(33(30,31)32)22(15-17)19-11-13-27(3)20(16-19)6-7-21-24-9-8-23(18(2)29)28(24,4)14-12-25(21)27/h5,10-11,13,15,19-21,23-25H,6-9,12,14,16H2,1-4H3,(H,30,31,32)/t19?,20?,21-,23+,24-,25-,27-,28+/m0/s1. The molecule has 0 amide bonds. The maximum absolute atomic E-state index is 12.4. The van der Waals surface area contributed by atoms with Crippen LogP contribution in [0.4, 0.5) is 0 Å². The molecule has 0 heterocycles. The number of hydrogen-bond acceptors (Lipinski definition) is 3. The third kappa shape index (κ3) is 3.56. The Hall–Kier alpha value is -1.46. The second kappa shape index (κ2) is 7.78. The first-order chi connectivity index (χ1) is 15.4. The molecule has 180 valence electrons. The van der Waals surface area contributed by atoms with Gasteiger partial charge in [-0.15, -0.1) is 0 Å². The molecule has 1 aromatic carbocycles. The molecule has 4 aliphatic carbocycles. The van der Waals surface area contributed by atoms with Gasteiger partial charge in [0, 0.05) is 11.8 Å². The van der Waals surface area contributed by atoms with Gasteiger partial charge in [0.05, 0.1) is 4.90 Å². The van der Waals surface area contributed by atoms with Crippen LogP contribution in [-0.2, 0) is 14.9 Å². The normalized spacial score (nSPS) is 42.3. The number of benzene rings is 1. The maximum Gasteiger partial charge on any atom is 0.294 e. The SMILES string of the molecule is CC(=O)[C@H]1CC[C@H]2[C@@H]3CCC4CC(c5cc(C)ccc5S(=O)(=O)O)C=C[C@]4(C)[C@H]3CC[C@]12C. The molecule has 5 rings (SSSR count). The molecule has 0 aromatic heterocycles. The van der Waals surface area contributed by atoms with Crippen molar-refractivity contribution in [3.05, 3.63) is 41.5 Å². The Bertz CT molecular complexity index is 1100. The van der Waals surface area contributed by atoms with Gasteiger partial charge in [-0.05, 0) is 105 Å². The molecule has 33 heavy (non-hydrogen) atoms. The van der Waals surface area contributed by atoms with E-state index in [1.165, 1.54) is 19.3 Å². The molecular formula is C28H38O4S. The monoisotopic (exact) mass is 470 g/mol. The summed E-state index contributed by atoms with van der Waals surface area (Å²) < 4.78 is 33.9. The van der Waals surface area contributed by atoms with Crippen molar-refractivity contribution < 1.29 is 17.8 Å². The number of fused-ring (bicyclic) bond motifs is 5. The van der Waals surface area contributed by atoms with E-state index in [9.17, 15) is 17.8 Å². The third-order valence-electron chi connectivity index (χ3n) is 10.5. The Morgan fingerprint density at radius 3 is 2.52 bits per heavy atom. The minimum Gasteiger partial charge on any atom is -0.300 e. The van der Waals surface area contributed by atoms with E-state index in [0.717, 1.165) is 36.8 Å². The predicted octanol–water partition coefficient (Wildman–Crippen LogP) is 6.35. The second-order valence-electron chi connectivity index (χ2n) is 12.0.